The molecule has 0 bridgehead atoms. The van der Waals surface area contributed by atoms with Gasteiger partial charge in [-0.05, 0) is 24.6 Å². The zero-order valence-electron chi connectivity index (χ0n) is 13.3. The average molecular weight is 337 g/mol. The number of carbonyl (C=O) groups is 1. The number of rotatable bonds is 5. The molecular weight excluding hydrogens is 320 g/mol. The second-order valence-corrected chi connectivity index (χ2v) is 5.14. The van der Waals surface area contributed by atoms with E-state index in [4.69, 9.17) is 30.5 Å². The fraction of sp³-hybridized carbons (Fsp3) is 0.235. The SMILES string of the molecule is COc1cc(OC)c(C(=O)Oc2cc(C)ccc2Cl)cc1OC. The van der Waals surface area contributed by atoms with Crippen molar-refractivity contribution in [1.82, 2.24) is 0 Å². The van der Waals surface area contributed by atoms with Gasteiger partial charge in [-0.25, -0.2) is 4.79 Å². The van der Waals surface area contributed by atoms with Crippen LogP contribution in [0, 0.1) is 6.92 Å². The van der Waals surface area contributed by atoms with Crippen molar-refractivity contribution in [3.63, 3.8) is 0 Å². The van der Waals surface area contributed by atoms with Gasteiger partial charge in [-0.3, -0.25) is 0 Å². The molecule has 122 valence electrons. The van der Waals surface area contributed by atoms with Crippen LogP contribution in [0.5, 0.6) is 23.0 Å². The van der Waals surface area contributed by atoms with Crippen LogP contribution in [0.3, 0.4) is 0 Å². The Morgan fingerprint density at radius 1 is 0.870 bits per heavy atom. The van der Waals surface area contributed by atoms with Crippen LogP contribution in [0.1, 0.15) is 15.9 Å². The molecule has 0 fully saturated rings. The van der Waals surface area contributed by atoms with Gasteiger partial charge in [0, 0.05) is 12.1 Å². The van der Waals surface area contributed by atoms with Gasteiger partial charge in [0.2, 0.25) is 0 Å². The van der Waals surface area contributed by atoms with Crippen LogP contribution in [0.25, 0.3) is 0 Å². The Balaban J connectivity index is 2.40. The maximum atomic E-state index is 12.5. The molecule has 2 aromatic carbocycles. The van der Waals surface area contributed by atoms with Gasteiger partial charge in [0.1, 0.15) is 17.1 Å². The van der Waals surface area contributed by atoms with Crippen molar-refractivity contribution in [3.05, 3.63) is 46.5 Å². The topological polar surface area (TPSA) is 54.0 Å². The third-order valence-corrected chi connectivity index (χ3v) is 3.53. The fourth-order valence-corrected chi connectivity index (χ4v) is 2.19. The first-order valence-electron chi connectivity index (χ1n) is 6.78. The van der Waals surface area contributed by atoms with E-state index in [1.165, 1.54) is 27.4 Å². The number of ether oxygens (including phenoxy) is 4. The van der Waals surface area contributed by atoms with Crippen LogP contribution in [-0.2, 0) is 0 Å². The fourth-order valence-electron chi connectivity index (χ4n) is 2.03. The number of esters is 1. The molecule has 0 N–H and O–H groups in total. The smallest absolute Gasteiger partial charge is 0.347 e. The molecule has 5 nitrogen and oxygen atoms in total. The number of hydrogen-bond donors (Lipinski definition) is 0. The summed E-state index contributed by atoms with van der Waals surface area (Å²) in [6.07, 6.45) is 0. The minimum Gasteiger partial charge on any atom is -0.496 e. The summed E-state index contributed by atoms with van der Waals surface area (Å²) in [6.45, 7) is 1.88. The standard InChI is InChI=1S/C17H17ClO5/c1-10-5-6-12(18)14(7-10)23-17(19)11-8-15(21-3)16(22-4)9-13(11)20-2/h5-9H,1-4H3. The predicted octanol–water partition coefficient (Wildman–Crippen LogP) is 3.89. The maximum absolute atomic E-state index is 12.5. The quantitative estimate of drug-likeness (QED) is 0.612. The van der Waals surface area contributed by atoms with Crippen LogP contribution in [-0.4, -0.2) is 27.3 Å². The van der Waals surface area contributed by atoms with Crippen molar-refractivity contribution in [2.45, 2.75) is 6.92 Å². The molecular formula is C17H17ClO5. The van der Waals surface area contributed by atoms with Crippen LogP contribution in [0.15, 0.2) is 30.3 Å². The first-order valence-corrected chi connectivity index (χ1v) is 7.16. The average Bonchev–Trinajstić information content (AvgIpc) is 2.56. The molecule has 0 aliphatic heterocycles. The molecule has 2 rings (SSSR count). The van der Waals surface area contributed by atoms with E-state index in [9.17, 15) is 4.79 Å². The highest BCUT2D eigenvalue weighted by molar-refractivity contribution is 6.32. The van der Waals surface area contributed by atoms with Crippen LogP contribution >= 0.6 is 11.6 Å². The number of aryl methyl sites for hydroxylation is 1. The monoisotopic (exact) mass is 336 g/mol. The second-order valence-electron chi connectivity index (χ2n) is 4.73. The van der Waals surface area contributed by atoms with Gasteiger partial charge in [0.15, 0.2) is 11.5 Å². The highest BCUT2D eigenvalue weighted by Crippen LogP contribution is 2.35. The summed E-state index contributed by atoms with van der Waals surface area (Å²) >= 11 is 6.05. The number of benzene rings is 2. The van der Waals surface area contributed by atoms with Crippen molar-refractivity contribution in [3.8, 4) is 23.0 Å². The summed E-state index contributed by atoms with van der Waals surface area (Å²) in [6, 6.07) is 8.26. The number of carbonyl (C=O) groups excluding carboxylic acids is 1. The van der Waals surface area contributed by atoms with E-state index in [-0.39, 0.29) is 11.3 Å². The number of methoxy groups -OCH3 is 3. The first kappa shape index (κ1) is 17.0. The van der Waals surface area contributed by atoms with Crippen LogP contribution in [0.4, 0.5) is 0 Å². The van der Waals surface area contributed by atoms with E-state index in [0.29, 0.717) is 22.3 Å². The third-order valence-electron chi connectivity index (χ3n) is 3.21. The van der Waals surface area contributed by atoms with Crippen molar-refractivity contribution in [1.29, 1.82) is 0 Å². The van der Waals surface area contributed by atoms with Crippen LogP contribution < -0.4 is 18.9 Å². The number of hydrogen-bond acceptors (Lipinski definition) is 5. The Labute approximate surface area is 139 Å². The zero-order valence-corrected chi connectivity index (χ0v) is 14.1. The summed E-state index contributed by atoms with van der Waals surface area (Å²) in [5.41, 5.74) is 1.14. The molecule has 23 heavy (non-hydrogen) atoms. The molecule has 0 aromatic heterocycles. The van der Waals surface area contributed by atoms with E-state index >= 15 is 0 Å². The molecule has 0 spiro atoms. The Hall–Kier alpha value is -2.40. The van der Waals surface area contributed by atoms with E-state index in [2.05, 4.69) is 0 Å². The minimum absolute atomic E-state index is 0.211. The minimum atomic E-state index is -0.602. The van der Waals surface area contributed by atoms with Crippen molar-refractivity contribution < 1.29 is 23.7 Å². The molecule has 0 heterocycles. The first-order chi connectivity index (χ1) is 11.0. The highest BCUT2D eigenvalue weighted by atomic mass is 35.5. The predicted molar refractivity (Wildman–Crippen MR) is 87.2 cm³/mol. The molecule has 2 aromatic rings. The van der Waals surface area contributed by atoms with Crippen molar-refractivity contribution in [2.75, 3.05) is 21.3 Å². The Kier molecular flexibility index (Phi) is 5.34. The summed E-state index contributed by atoms with van der Waals surface area (Å²) < 4.78 is 21.0. The molecule has 0 aliphatic carbocycles. The molecule has 0 atom stereocenters. The van der Waals surface area contributed by atoms with Gasteiger partial charge < -0.3 is 18.9 Å². The summed E-state index contributed by atoms with van der Waals surface area (Å²) in [4.78, 5) is 12.5. The lowest BCUT2D eigenvalue weighted by molar-refractivity contribution is 0.0731. The molecule has 0 saturated heterocycles. The molecule has 0 amide bonds. The van der Waals surface area contributed by atoms with Gasteiger partial charge in [0.05, 0.1) is 26.4 Å². The highest BCUT2D eigenvalue weighted by Gasteiger charge is 2.20. The molecule has 0 saturated carbocycles. The van der Waals surface area contributed by atoms with Gasteiger partial charge in [-0.2, -0.15) is 0 Å². The number of halogens is 1. The molecule has 0 aliphatic rings. The molecule has 0 unspecified atom stereocenters. The van der Waals surface area contributed by atoms with Gasteiger partial charge in [-0.15, -0.1) is 0 Å². The lowest BCUT2D eigenvalue weighted by Gasteiger charge is -2.14. The molecule has 6 heteroatoms. The Morgan fingerprint density at radius 3 is 2.09 bits per heavy atom. The van der Waals surface area contributed by atoms with Crippen molar-refractivity contribution in [2.24, 2.45) is 0 Å². The summed E-state index contributed by atoms with van der Waals surface area (Å²) in [5.74, 6) is 0.852. The Morgan fingerprint density at radius 2 is 1.48 bits per heavy atom. The lowest BCUT2D eigenvalue weighted by atomic mass is 10.1. The Bertz CT molecular complexity index is 727. The van der Waals surface area contributed by atoms with Gasteiger partial charge in [-0.1, -0.05) is 17.7 Å². The lowest BCUT2D eigenvalue weighted by Crippen LogP contribution is -2.11. The second kappa shape index (κ2) is 7.24. The van der Waals surface area contributed by atoms with E-state index in [1.54, 1.807) is 18.2 Å². The normalized spacial score (nSPS) is 10.1. The van der Waals surface area contributed by atoms with Gasteiger partial charge >= 0.3 is 5.97 Å². The van der Waals surface area contributed by atoms with Gasteiger partial charge in [0.25, 0.3) is 0 Å². The maximum Gasteiger partial charge on any atom is 0.347 e. The third kappa shape index (κ3) is 3.68. The van der Waals surface area contributed by atoms with E-state index in [1.807, 2.05) is 13.0 Å². The van der Waals surface area contributed by atoms with Crippen LogP contribution in [0.2, 0.25) is 5.02 Å². The van der Waals surface area contributed by atoms with Crippen molar-refractivity contribution >= 4 is 17.6 Å². The summed E-state index contributed by atoms with van der Waals surface area (Å²) in [5, 5.41) is 0.350. The molecule has 0 radical (unpaired) electrons. The van der Waals surface area contributed by atoms with E-state index in [0.717, 1.165) is 5.56 Å². The summed E-state index contributed by atoms with van der Waals surface area (Å²) in [7, 11) is 4.44. The zero-order chi connectivity index (χ0) is 17.0. The van der Waals surface area contributed by atoms with E-state index < -0.39 is 5.97 Å². The largest absolute Gasteiger partial charge is 0.496 e.